The van der Waals surface area contributed by atoms with Gasteiger partial charge in [-0.05, 0) is 34.9 Å². The minimum absolute atomic E-state index is 0.0206. The molecule has 154 valence electrons. The number of nitrogens with zero attached hydrogens (tertiary/aromatic N) is 1. The van der Waals surface area contributed by atoms with Gasteiger partial charge in [0.05, 0.1) is 6.61 Å². The van der Waals surface area contributed by atoms with E-state index in [1.165, 1.54) is 18.2 Å². The highest BCUT2D eigenvalue weighted by atomic mass is 19.1. The summed E-state index contributed by atoms with van der Waals surface area (Å²) in [4.78, 5) is 14.3. The van der Waals surface area contributed by atoms with Gasteiger partial charge < -0.3 is 15.3 Å². The number of rotatable bonds is 6. The molecule has 1 amide bonds. The maximum atomic E-state index is 13.5. The van der Waals surface area contributed by atoms with Crippen molar-refractivity contribution in [2.24, 2.45) is 0 Å². The van der Waals surface area contributed by atoms with Gasteiger partial charge in [0.1, 0.15) is 5.82 Å². The molecule has 0 unspecified atom stereocenters. The van der Waals surface area contributed by atoms with Crippen molar-refractivity contribution in [3.05, 3.63) is 95.8 Å². The Hall–Kier alpha value is -3.02. The summed E-state index contributed by atoms with van der Waals surface area (Å²) >= 11 is 0. The molecule has 4 rings (SSSR count). The third-order valence-electron chi connectivity index (χ3n) is 5.78. The van der Waals surface area contributed by atoms with E-state index in [9.17, 15) is 14.3 Å². The maximum Gasteiger partial charge on any atom is 0.253 e. The zero-order chi connectivity index (χ0) is 21.1. The fraction of sp³-hybridized carbons (Fsp3) is 0.240. The fourth-order valence-corrected chi connectivity index (χ4v) is 4.19. The van der Waals surface area contributed by atoms with E-state index < -0.39 is 5.82 Å². The number of amides is 1. The van der Waals surface area contributed by atoms with E-state index in [4.69, 9.17) is 0 Å². The summed E-state index contributed by atoms with van der Waals surface area (Å²) in [6.45, 7) is 0.500. The number of hydrogen-bond donors (Lipinski definition) is 2. The Balaban J connectivity index is 1.47. The van der Waals surface area contributed by atoms with Gasteiger partial charge in [0.15, 0.2) is 0 Å². The van der Waals surface area contributed by atoms with Crippen LogP contribution in [0.25, 0.3) is 11.1 Å². The average Bonchev–Trinajstić information content (AvgIpc) is 2.76. The SMILES string of the molecule is CN(C[C@@H]1N[C@H](CO)[C@H]1c1ccc(-c2ccccc2)cc1)C(=O)c1cccc(F)c1. The lowest BCUT2D eigenvalue weighted by Crippen LogP contribution is -2.64. The molecule has 3 aromatic carbocycles. The van der Waals surface area contributed by atoms with Crippen molar-refractivity contribution in [2.75, 3.05) is 20.2 Å². The van der Waals surface area contributed by atoms with Gasteiger partial charge in [-0.1, -0.05) is 60.7 Å². The second kappa shape index (κ2) is 8.78. The van der Waals surface area contributed by atoms with E-state index in [-0.39, 0.29) is 30.5 Å². The Morgan fingerprint density at radius 3 is 2.33 bits per heavy atom. The minimum Gasteiger partial charge on any atom is -0.395 e. The molecule has 1 aliphatic rings. The molecule has 0 aliphatic carbocycles. The first-order valence-electron chi connectivity index (χ1n) is 10.1. The second-order valence-corrected chi connectivity index (χ2v) is 7.77. The van der Waals surface area contributed by atoms with Crippen LogP contribution in [-0.2, 0) is 0 Å². The summed E-state index contributed by atoms with van der Waals surface area (Å²) in [5.74, 6) is -0.544. The van der Waals surface area contributed by atoms with Crippen molar-refractivity contribution in [2.45, 2.75) is 18.0 Å². The van der Waals surface area contributed by atoms with Crippen LogP contribution in [0.2, 0.25) is 0 Å². The first-order chi connectivity index (χ1) is 14.6. The number of hydrogen-bond acceptors (Lipinski definition) is 3. The summed E-state index contributed by atoms with van der Waals surface area (Å²) in [7, 11) is 1.72. The highest BCUT2D eigenvalue weighted by Gasteiger charge is 2.41. The second-order valence-electron chi connectivity index (χ2n) is 7.77. The zero-order valence-electron chi connectivity index (χ0n) is 16.8. The highest BCUT2D eigenvalue weighted by molar-refractivity contribution is 5.94. The van der Waals surface area contributed by atoms with Crippen LogP contribution in [0.15, 0.2) is 78.9 Å². The Bertz CT molecular complexity index is 1010. The van der Waals surface area contributed by atoms with E-state index >= 15 is 0 Å². The van der Waals surface area contributed by atoms with Gasteiger partial charge >= 0.3 is 0 Å². The summed E-state index contributed by atoms with van der Waals surface area (Å²) in [5.41, 5.74) is 3.76. The quantitative estimate of drug-likeness (QED) is 0.659. The summed E-state index contributed by atoms with van der Waals surface area (Å²) in [6.07, 6.45) is 0. The predicted molar refractivity (Wildman–Crippen MR) is 116 cm³/mol. The molecule has 0 aromatic heterocycles. The van der Waals surface area contributed by atoms with Gasteiger partial charge in [-0.2, -0.15) is 0 Å². The van der Waals surface area contributed by atoms with E-state index in [0.29, 0.717) is 12.1 Å². The molecule has 1 heterocycles. The fourth-order valence-electron chi connectivity index (χ4n) is 4.19. The standard InChI is InChI=1S/C25H25FN2O2/c1-28(25(30)20-8-5-9-21(26)14-20)15-22-24(23(16-29)27-22)19-12-10-18(11-13-19)17-6-3-2-4-7-17/h2-14,22-24,27,29H,15-16H2,1H3/t22-,23+,24-/m0/s1. The van der Waals surface area contributed by atoms with Gasteiger partial charge in [0.25, 0.3) is 5.91 Å². The number of benzene rings is 3. The maximum absolute atomic E-state index is 13.5. The van der Waals surface area contributed by atoms with E-state index in [2.05, 4.69) is 41.7 Å². The first-order valence-corrected chi connectivity index (χ1v) is 10.1. The average molecular weight is 404 g/mol. The predicted octanol–water partition coefficient (Wildman–Crippen LogP) is 3.68. The third-order valence-corrected chi connectivity index (χ3v) is 5.78. The molecule has 4 nitrogen and oxygen atoms in total. The number of nitrogens with one attached hydrogen (secondary N) is 1. The minimum atomic E-state index is -0.423. The van der Waals surface area contributed by atoms with Crippen molar-refractivity contribution in [1.82, 2.24) is 10.2 Å². The molecule has 0 spiro atoms. The first kappa shape index (κ1) is 20.3. The molecule has 3 aromatic rings. The number of carbonyl (C=O) groups is 1. The molecule has 0 bridgehead atoms. The smallest absolute Gasteiger partial charge is 0.253 e. The van der Waals surface area contributed by atoms with E-state index in [1.54, 1.807) is 18.0 Å². The Labute approximate surface area is 176 Å². The molecule has 5 heteroatoms. The number of carbonyl (C=O) groups excluding carboxylic acids is 1. The molecular formula is C25H25FN2O2. The normalized spacial score (nSPS) is 20.4. The summed E-state index contributed by atoms with van der Waals surface area (Å²) in [6, 6.07) is 24.3. The van der Waals surface area contributed by atoms with Crippen LogP contribution < -0.4 is 5.32 Å². The van der Waals surface area contributed by atoms with Gasteiger partial charge in [-0.3, -0.25) is 4.79 Å². The molecular weight excluding hydrogens is 379 g/mol. The molecule has 1 aliphatic heterocycles. The number of aliphatic hydroxyl groups is 1. The molecule has 1 fully saturated rings. The summed E-state index contributed by atoms with van der Waals surface area (Å²) in [5, 5.41) is 13.1. The Kier molecular flexibility index (Phi) is 5.93. The highest BCUT2D eigenvalue weighted by Crippen LogP contribution is 2.34. The zero-order valence-corrected chi connectivity index (χ0v) is 16.8. The van der Waals surface area contributed by atoms with Crippen molar-refractivity contribution >= 4 is 5.91 Å². The molecule has 30 heavy (non-hydrogen) atoms. The van der Waals surface area contributed by atoms with Crippen LogP contribution in [0.3, 0.4) is 0 Å². The van der Waals surface area contributed by atoms with Crippen molar-refractivity contribution < 1.29 is 14.3 Å². The van der Waals surface area contributed by atoms with E-state index in [0.717, 1.165) is 16.7 Å². The van der Waals surface area contributed by atoms with E-state index in [1.807, 2.05) is 18.2 Å². The largest absolute Gasteiger partial charge is 0.395 e. The lowest BCUT2D eigenvalue weighted by molar-refractivity contribution is 0.0683. The Morgan fingerprint density at radius 2 is 1.67 bits per heavy atom. The van der Waals surface area contributed by atoms with Crippen LogP contribution in [0.4, 0.5) is 4.39 Å². The van der Waals surface area contributed by atoms with Crippen LogP contribution in [0, 0.1) is 5.82 Å². The van der Waals surface area contributed by atoms with Crippen molar-refractivity contribution in [3.8, 4) is 11.1 Å². The topological polar surface area (TPSA) is 52.6 Å². The van der Waals surface area contributed by atoms with Crippen LogP contribution in [-0.4, -0.2) is 48.2 Å². The van der Waals surface area contributed by atoms with Crippen LogP contribution in [0.5, 0.6) is 0 Å². The molecule has 1 saturated heterocycles. The van der Waals surface area contributed by atoms with Gasteiger partial charge in [-0.25, -0.2) is 4.39 Å². The van der Waals surface area contributed by atoms with Crippen LogP contribution >= 0.6 is 0 Å². The van der Waals surface area contributed by atoms with Gasteiger partial charge in [-0.15, -0.1) is 0 Å². The third kappa shape index (κ3) is 4.13. The number of likely N-dealkylation sites (N-methyl/N-ethyl adjacent to an activating group) is 1. The number of halogens is 1. The Morgan fingerprint density at radius 1 is 0.967 bits per heavy atom. The van der Waals surface area contributed by atoms with Gasteiger partial charge in [0, 0.05) is 37.2 Å². The van der Waals surface area contributed by atoms with Crippen molar-refractivity contribution in [1.29, 1.82) is 0 Å². The number of aliphatic hydroxyl groups excluding tert-OH is 1. The van der Waals surface area contributed by atoms with Crippen LogP contribution in [0.1, 0.15) is 21.8 Å². The van der Waals surface area contributed by atoms with Crippen molar-refractivity contribution in [3.63, 3.8) is 0 Å². The van der Waals surface area contributed by atoms with Gasteiger partial charge in [0.2, 0.25) is 0 Å². The molecule has 3 atom stereocenters. The molecule has 0 radical (unpaired) electrons. The lowest BCUT2D eigenvalue weighted by atomic mass is 9.77. The monoisotopic (exact) mass is 404 g/mol. The molecule has 0 saturated carbocycles. The molecule has 2 N–H and O–H groups in total. The lowest BCUT2D eigenvalue weighted by Gasteiger charge is -2.47. The summed E-state index contributed by atoms with van der Waals surface area (Å²) < 4.78 is 13.5.